The maximum atomic E-state index is 12.3. The van der Waals surface area contributed by atoms with Gasteiger partial charge in [-0.1, -0.05) is 48.0 Å². The third kappa shape index (κ3) is 5.43. The average Bonchev–Trinajstić information content (AvgIpc) is 3.03. The minimum Gasteiger partial charge on any atom is -0.346 e. The molecule has 0 unspecified atom stereocenters. The van der Waals surface area contributed by atoms with Gasteiger partial charge in [0.15, 0.2) is 0 Å². The number of rotatable bonds is 6. The number of nitrogens with zero attached hydrogens (tertiary/aromatic N) is 1. The lowest BCUT2D eigenvalue weighted by molar-refractivity contribution is -0.124. The molecule has 1 fully saturated rings. The molecular formula is C23H30N4O2. The zero-order valence-corrected chi connectivity index (χ0v) is 17.4. The van der Waals surface area contributed by atoms with Crippen LogP contribution in [0.5, 0.6) is 0 Å². The van der Waals surface area contributed by atoms with Gasteiger partial charge in [0.05, 0.1) is 13.1 Å². The molecule has 1 saturated heterocycles. The molecule has 2 atom stereocenters. The fourth-order valence-electron chi connectivity index (χ4n) is 4.09. The van der Waals surface area contributed by atoms with Crippen molar-refractivity contribution in [1.82, 2.24) is 10.2 Å². The molecule has 2 amide bonds. The van der Waals surface area contributed by atoms with Crippen molar-refractivity contribution in [2.75, 3.05) is 31.5 Å². The number of nitrogens with two attached hydrogens (primary N) is 1. The molecule has 6 nitrogen and oxygen atoms in total. The molecule has 154 valence electrons. The molecule has 2 aromatic carbocycles. The van der Waals surface area contributed by atoms with Crippen molar-refractivity contribution in [1.29, 1.82) is 0 Å². The summed E-state index contributed by atoms with van der Waals surface area (Å²) in [5.74, 6) is -0.174. The molecular weight excluding hydrogens is 364 g/mol. The van der Waals surface area contributed by atoms with Crippen LogP contribution in [0.2, 0.25) is 0 Å². The third-order valence-electron chi connectivity index (χ3n) is 5.42. The Kier molecular flexibility index (Phi) is 6.67. The van der Waals surface area contributed by atoms with Crippen molar-refractivity contribution in [2.45, 2.75) is 32.7 Å². The van der Waals surface area contributed by atoms with Gasteiger partial charge >= 0.3 is 0 Å². The number of likely N-dealkylation sites (tertiary alicyclic amines) is 1. The molecule has 4 N–H and O–H groups in total. The quantitative estimate of drug-likeness (QED) is 0.700. The van der Waals surface area contributed by atoms with Crippen LogP contribution in [0.1, 0.15) is 28.2 Å². The maximum Gasteiger partial charge on any atom is 0.243 e. The van der Waals surface area contributed by atoms with Gasteiger partial charge in [-0.2, -0.15) is 0 Å². The molecule has 1 aliphatic heterocycles. The first-order valence-electron chi connectivity index (χ1n) is 10.0. The molecule has 0 bridgehead atoms. The van der Waals surface area contributed by atoms with E-state index in [1.807, 2.05) is 56.0 Å². The van der Waals surface area contributed by atoms with Gasteiger partial charge in [0.2, 0.25) is 11.8 Å². The van der Waals surface area contributed by atoms with Gasteiger partial charge in [-0.25, -0.2) is 0 Å². The van der Waals surface area contributed by atoms with Crippen LogP contribution >= 0.6 is 0 Å². The van der Waals surface area contributed by atoms with Crippen LogP contribution in [0.4, 0.5) is 5.69 Å². The summed E-state index contributed by atoms with van der Waals surface area (Å²) in [4.78, 5) is 26.6. The van der Waals surface area contributed by atoms with Gasteiger partial charge in [-0.3, -0.25) is 14.5 Å². The zero-order valence-electron chi connectivity index (χ0n) is 17.4. The lowest BCUT2D eigenvalue weighted by atomic mass is 9.95. The Morgan fingerprint density at radius 3 is 2.34 bits per heavy atom. The second kappa shape index (κ2) is 9.20. The predicted molar refractivity (Wildman–Crippen MR) is 116 cm³/mol. The van der Waals surface area contributed by atoms with E-state index in [4.69, 9.17) is 5.73 Å². The topological polar surface area (TPSA) is 87.5 Å². The van der Waals surface area contributed by atoms with Crippen molar-refractivity contribution < 1.29 is 9.59 Å². The lowest BCUT2D eigenvalue weighted by Crippen LogP contribution is -2.40. The monoisotopic (exact) mass is 394 g/mol. The van der Waals surface area contributed by atoms with Crippen molar-refractivity contribution >= 4 is 17.5 Å². The summed E-state index contributed by atoms with van der Waals surface area (Å²) in [5.41, 5.74) is 11.5. The summed E-state index contributed by atoms with van der Waals surface area (Å²) in [6.07, 6.45) is 0. The Morgan fingerprint density at radius 2 is 1.69 bits per heavy atom. The van der Waals surface area contributed by atoms with E-state index in [2.05, 4.69) is 22.8 Å². The van der Waals surface area contributed by atoms with Crippen LogP contribution in [0.3, 0.4) is 0 Å². The van der Waals surface area contributed by atoms with Gasteiger partial charge in [-0.05, 0) is 37.5 Å². The Hall–Kier alpha value is -2.70. The van der Waals surface area contributed by atoms with Gasteiger partial charge in [-0.15, -0.1) is 0 Å². The highest BCUT2D eigenvalue weighted by molar-refractivity contribution is 5.96. The van der Waals surface area contributed by atoms with Gasteiger partial charge < -0.3 is 16.4 Å². The number of hydrogen-bond acceptors (Lipinski definition) is 4. The van der Waals surface area contributed by atoms with Crippen LogP contribution in [0.15, 0.2) is 42.5 Å². The van der Waals surface area contributed by atoms with Crippen molar-refractivity contribution in [3.05, 3.63) is 64.7 Å². The van der Waals surface area contributed by atoms with E-state index in [1.165, 1.54) is 5.56 Å². The van der Waals surface area contributed by atoms with E-state index in [9.17, 15) is 9.59 Å². The van der Waals surface area contributed by atoms with Crippen LogP contribution < -0.4 is 16.4 Å². The van der Waals surface area contributed by atoms with E-state index in [0.29, 0.717) is 6.54 Å². The minimum atomic E-state index is -0.228. The molecule has 3 rings (SSSR count). The summed E-state index contributed by atoms with van der Waals surface area (Å²) in [5, 5.41) is 5.62. The summed E-state index contributed by atoms with van der Waals surface area (Å²) >= 11 is 0. The molecule has 0 aromatic heterocycles. The second-order valence-electron chi connectivity index (χ2n) is 7.97. The van der Waals surface area contributed by atoms with E-state index in [0.717, 1.165) is 28.9 Å². The van der Waals surface area contributed by atoms with Crippen LogP contribution in [0, 0.1) is 20.8 Å². The number of carbonyl (C=O) groups excluding carboxylic acids is 2. The maximum absolute atomic E-state index is 12.3. The molecule has 29 heavy (non-hydrogen) atoms. The molecule has 1 aliphatic rings. The normalized spacial score (nSPS) is 19.2. The first kappa shape index (κ1) is 21.0. The number of hydrogen-bond donors (Lipinski definition) is 3. The van der Waals surface area contributed by atoms with E-state index in [1.54, 1.807) is 0 Å². The van der Waals surface area contributed by atoms with Crippen molar-refractivity contribution in [3.8, 4) is 0 Å². The number of benzene rings is 2. The second-order valence-corrected chi connectivity index (χ2v) is 7.97. The average molecular weight is 395 g/mol. The molecule has 0 spiro atoms. The standard InChI is InChI=1S/C23H30N4O2/c1-15-9-16(2)23(17(3)10-15)26-21(28)11-25-22(29)14-27-12-19(20(24)13-27)18-7-5-4-6-8-18/h4-10,19-20H,11-14,24H2,1-3H3,(H,25,29)(H,26,28)/t19-,20+/m0/s1. The van der Waals surface area contributed by atoms with Crippen LogP contribution in [-0.4, -0.2) is 48.9 Å². The largest absolute Gasteiger partial charge is 0.346 e. The SMILES string of the molecule is Cc1cc(C)c(NC(=O)CNC(=O)CN2C[C@@H](N)[C@H](c3ccccc3)C2)c(C)c1. The fraction of sp³-hybridized carbons (Fsp3) is 0.391. The molecule has 0 radical (unpaired) electrons. The first-order valence-corrected chi connectivity index (χ1v) is 10.0. The molecule has 0 aliphatic carbocycles. The highest BCUT2D eigenvalue weighted by atomic mass is 16.2. The summed E-state index contributed by atoms with van der Waals surface area (Å²) in [7, 11) is 0. The van der Waals surface area contributed by atoms with E-state index < -0.39 is 0 Å². The minimum absolute atomic E-state index is 0.000913. The Labute approximate surface area is 172 Å². The Morgan fingerprint density at radius 1 is 1.03 bits per heavy atom. The third-order valence-corrected chi connectivity index (χ3v) is 5.42. The lowest BCUT2D eigenvalue weighted by Gasteiger charge is -2.16. The first-order chi connectivity index (χ1) is 13.8. The van der Waals surface area contributed by atoms with Gasteiger partial charge in [0.1, 0.15) is 0 Å². The Balaban J connectivity index is 1.47. The number of amides is 2. The van der Waals surface area contributed by atoms with Crippen molar-refractivity contribution in [3.63, 3.8) is 0 Å². The van der Waals surface area contributed by atoms with Crippen LogP contribution in [-0.2, 0) is 9.59 Å². The van der Waals surface area contributed by atoms with Crippen LogP contribution in [0.25, 0.3) is 0 Å². The smallest absolute Gasteiger partial charge is 0.243 e. The van der Waals surface area contributed by atoms with Gasteiger partial charge in [0, 0.05) is 30.7 Å². The number of anilines is 1. The van der Waals surface area contributed by atoms with Gasteiger partial charge in [0.25, 0.3) is 0 Å². The highest BCUT2D eigenvalue weighted by Gasteiger charge is 2.32. The number of carbonyl (C=O) groups is 2. The Bertz CT molecular complexity index is 859. The number of aryl methyl sites for hydroxylation is 3. The molecule has 6 heteroatoms. The zero-order chi connectivity index (χ0) is 21.0. The van der Waals surface area contributed by atoms with E-state index >= 15 is 0 Å². The summed E-state index contributed by atoms with van der Waals surface area (Å²) < 4.78 is 0. The molecule has 2 aromatic rings. The van der Waals surface area contributed by atoms with E-state index in [-0.39, 0.29) is 36.9 Å². The highest BCUT2D eigenvalue weighted by Crippen LogP contribution is 2.26. The molecule has 1 heterocycles. The predicted octanol–water partition coefficient (Wildman–Crippen LogP) is 2.09. The summed E-state index contributed by atoms with van der Waals surface area (Å²) in [6.45, 7) is 7.56. The number of nitrogens with one attached hydrogen (secondary N) is 2. The van der Waals surface area contributed by atoms with Crippen molar-refractivity contribution in [2.24, 2.45) is 5.73 Å². The summed E-state index contributed by atoms with van der Waals surface area (Å²) in [6, 6.07) is 14.2. The molecule has 0 saturated carbocycles. The fourth-order valence-corrected chi connectivity index (χ4v) is 4.09.